The van der Waals surface area contributed by atoms with Crippen LogP contribution in [0.25, 0.3) is 0 Å². The molecule has 4 rings (SSSR count). The predicted molar refractivity (Wildman–Crippen MR) is 92.1 cm³/mol. The average Bonchev–Trinajstić information content (AvgIpc) is 3.33. The Bertz CT molecular complexity index is 709. The fraction of sp³-hybridized carbons (Fsp3) is 0.882. The van der Waals surface area contributed by atoms with Crippen molar-refractivity contribution >= 4 is 21.8 Å². The highest BCUT2D eigenvalue weighted by Gasteiger charge is 2.65. The number of carbonyl (C=O) groups is 2. The van der Waals surface area contributed by atoms with Crippen molar-refractivity contribution in [2.75, 3.05) is 39.8 Å². The van der Waals surface area contributed by atoms with E-state index in [0.29, 0.717) is 39.0 Å². The quantitative estimate of drug-likeness (QED) is 0.700. The predicted octanol–water partition coefficient (Wildman–Crippen LogP) is 0.271. The summed E-state index contributed by atoms with van der Waals surface area (Å²) in [6, 6.07) is 0. The molecular weight excluding hydrogens is 342 g/mol. The Morgan fingerprint density at radius 2 is 1.72 bits per heavy atom. The lowest BCUT2D eigenvalue weighted by Gasteiger charge is -2.46. The number of carbonyl (C=O) groups excluding carboxylic acids is 2. The van der Waals surface area contributed by atoms with E-state index in [1.54, 1.807) is 16.1 Å². The van der Waals surface area contributed by atoms with Crippen LogP contribution in [0.3, 0.4) is 0 Å². The molecule has 2 amide bonds. The minimum absolute atomic E-state index is 0.00614. The first-order chi connectivity index (χ1) is 11.7. The minimum atomic E-state index is -3.17. The summed E-state index contributed by atoms with van der Waals surface area (Å²) in [4.78, 5) is 28.6. The Morgan fingerprint density at radius 3 is 2.20 bits per heavy atom. The van der Waals surface area contributed by atoms with E-state index in [2.05, 4.69) is 0 Å². The van der Waals surface area contributed by atoms with Crippen molar-refractivity contribution in [2.24, 2.45) is 10.8 Å². The second-order valence-corrected chi connectivity index (χ2v) is 10.6. The SMILES string of the molecule is CC(=O)N1CC2(CCN(S(=O)(=O)C3CC3)CC2)[C@]2(CCN(C)C2=O)C1. The van der Waals surface area contributed by atoms with Crippen molar-refractivity contribution in [2.45, 2.75) is 44.3 Å². The topological polar surface area (TPSA) is 78.0 Å². The molecule has 0 aromatic heterocycles. The van der Waals surface area contributed by atoms with Gasteiger partial charge in [0.15, 0.2) is 0 Å². The molecule has 3 aliphatic heterocycles. The minimum Gasteiger partial charge on any atom is -0.345 e. The molecule has 7 nitrogen and oxygen atoms in total. The maximum Gasteiger partial charge on any atom is 0.231 e. The highest BCUT2D eigenvalue weighted by molar-refractivity contribution is 7.90. The molecule has 0 aromatic carbocycles. The third kappa shape index (κ3) is 2.36. The first-order valence-corrected chi connectivity index (χ1v) is 10.7. The fourth-order valence-corrected chi connectivity index (χ4v) is 7.09. The molecule has 0 unspecified atom stereocenters. The zero-order valence-corrected chi connectivity index (χ0v) is 15.8. The highest BCUT2D eigenvalue weighted by atomic mass is 32.2. The van der Waals surface area contributed by atoms with Gasteiger partial charge in [0.1, 0.15) is 0 Å². The summed E-state index contributed by atoms with van der Waals surface area (Å²) in [6.45, 7) is 4.30. The number of hydrogen-bond donors (Lipinski definition) is 0. The molecule has 1 aliphatic carbocycles. The van der Waals surface area contributed by atoms with E-state index in [1.165, 1.54) is 0 Å². The number of sulfonamides is 1. The van der Waals surface area contributed by atoms with Crippen LogP contribution < -0.4 is 0 Å². The van der Waals surface area contributed by atoms with Crippen LogP contribution >= 0.6 is 0 Å². The van der Waals surface area contributed by atoms with E-state index < -0.39 is 15.4 Å². The summed E-state index contributed by atoms with van der Waals surface area (Å²) < 4.78 is 26.7. The standard InChI is InChI=1S/C17H27N3O4S/c1-13(21)19-11-16(17(12-19)7-8-18(2)15(17)22)5-9-20(10-6-16)25(23,24)14-3-4-14/h14H,3-12H2,1-2H3/t17-/m1/s1. The van der Waals surface area contributed by atoms with E-state index in [-0.39, 0.29) is 22.5 Å². The Kier molecular flexibility index (Phi) is 3.75. The second-order valence-electron chi connectivity index (χ2n) is 8.36. The van der Waals surface area contributed by atoms with Crippen molar-refractivity contribution in [3.05, 3.63) is 0 Å². The monoisotopic (exact) mass is 369 g/mol. The fourth-order valence-electron chi connectivity index (χ4n) is 5.24. The summed E-state index contributed by atoms with van der Waals surface area (Å²) >= 11 is 0. The number of rotatable bonds is 2. The van der Waals surface area contributed by atoms with Gasteiger partial charge in [0.2, 0.25) is 21.8 Å². The number of likely N-dealkylation sites (tertiary alicyclic amines) is 2. The maximum absolute atomic E-state index is 13.0. The van der Waals surface area contributed by atoms with E-state index in [9.17, 15) is 18.0 Å². The van der Waals surface area contributed by atoms with Gasteiger partial charge in [-0.05, 0) is 32.1 Å². The number of fused-ring (bicyclic) bond motifs is 1. The number of nitrogens with zero attached hydrogens (tertiary/aromatic N) is 3. The van der Waals surface area contributed by atoms with Crippen molar-refractivity contribution in [1.82, 2.24) is 14.1 Å². The van der Waals surface area contributed by atoms with Crippen LogP contribution in [0.2, 0.25) is 0 Å². The van der Waals surface area contributed by atoms with Crippen LogP contribution in [0.5, 0.6) is 0 Å². The largest absolute Gasteiger partial charge is 0.345 e. The van der Waals surface area contributed by atoms with Crippen LogP contribution in [-0.2, 0) is 19.6 Å². The first-order valence-electron chi connectivity index (χ1n) is 9.22. The van der Waals surface area contributed by atoms with Crippen LogP contribution in [-0.4, -0.2) is 79.4 Å². The zero-order valence-electron chi connectivity index (χ0n) is 15.0. The van der Waals surface area contributed by atoms with Gasteiger partial charge in [0, 0.05) is 52.1 Å². The lowest BCUT2D eigenvalue weighted by atomic mass is 9.60. The van der Waals surface area contributed by atoms with Gasteiger partial charge in [-0.2, -0.15) is 0 Å². The summed E-state index contributed by atoms with van der Waals surface area (Å²) in [5.41, 5.74) is -0.807. The molecule has 4 aliphatic rings. The van der Waals surface area contributed by atoms with E-state index in [0.717, 1.165) is 25.8 Å². The normalized spacial score (nSPS) is 33.0. The smallest absolute Gasteiger partial charge is 0.231 e. The highest BCUT2D eigenvalue weighted by Crippen LogP contribution is 2.58. The molecule has 0 N–H and O–H groups in total. The molecular formula is C17H27N3O4S. The molecule has 8 heteroatoms. The van der Waals surface area contributed by atoms with Gasteiger partial charge in [-0.15, -0.1) is 0 Å². The molecule has 2 spiro atoms. The lowest BCUT2D eigenvalue weighted by molar-refractivity contribution is -0.140. The third-order valence-corrected chi connectivity index (χ3v) is 9.43. The molecule has 3 heterocycles. The number of piperidine rings is 1. The van der Waals surface area contributed by atoms with E-state index in [4.69, 9.17) is 0 Å². The molecule has 1 saturated carbocycles. The molecule has 3 saturated heterocycles. The second kappa shape index (κ2) is 5.42. The summed E-state index contributed by atoms with van der Waals surface area (Å²) in [6.07, 6.45) is 3.65. The molecule has 25 heavy (non-hydrogen) atoms. The van der Waals surface area contributed by atoms with Gasteiger partial charge in [-0.1, -0.05) is 0 Å². The van der Waals surface area contributed by atoms with E-state index >= 15 is 0 Å². The van der Waals surface area contributed by atoms with Crippen LogP contribution in [0.4, 0.5) is 0 Å². The van der Waals surface area contributed by atoms with Crippen molar-refractivity contribution in [1.29, 1.82) is 0 Å². The van der Waals surface area contributed by atoms with Crippen LogP contribution in [0.1, 0.15) is 39.0 Å². The Hall–Kier alpha value is -1.15. The van der Waals surface area contributed by atoms with Crippen molar-refractivity contribution in [3.8, 4) is 0 Å². The summed E-state index contributed by atoms with van der Waals surface area (Å²) in [7, 11) is -1.34. The molecule has 0 aromatic rings. The van der Waals surface area contributed by atoms with Crippen molar-refractivity contribution in [3.63, 3.8) is 0 Å². The van der Waals surface area contributed by atoms with Crippen LogP contribution in [0, 0.1) is 10.8 Å². The van der Waals surface area contributed by atoms with Gasteiger partial charge >= 0.3 is 0 Å². The van der Waals surface area contributed by atoms with Gasteiger partial charge in [-0.25, -0.2) is 12.7 Å². The molecule has 140 valence electrons. The zero-order chi connectivity index (χ0) is 18.0. The summed E-state index contributed by atoms with van der Waals surface area (Å²) in [5, 5.41) is -0.188. The summed E-state index contributed by atoms with van der Waals surface area (Å²) in [5.74, 6) is 0.140. The van der Waals surface area contributed by atoms with Crippen molar-refractivity contribution < 1.29 is 18.0 Å². The number of amides is 2. The van der Waals surface area contributed by atoms with E-state index in [1.807, 2.05) is 11.9 Å². The van der Waals surface area contributed by atoms with Gasteiger partial charge in [0.05, 0.1) is 10.7 Å². The van der Waals surface area contributed by atoms with Gasteiger partial charge in [-0.3, -0.25) is 9.59 Å². The van der Waals surface area contributed by atoms with Gasteiger partial charge < -0.3 is 9.80 Å². The first kappa shape index (κ1) is 17.3. The third-order valence-electron chi connectivity index (χ3n) is 7.03. The Morgan fingerprint density at radius 1 is 1.08 bits per heavy atom. The average molecular weight is 369 g/mol. The van der Waals surface area contributed by atoms with Gasteiger partial charge in [0.25, 0.3) is 0 Å². The maximum atomic E-state index is 13.0. The van der Waals surface area contributed by atoms with Crippen LogP contribution in [0.15, 0.2) is 0 Å². The lowest BCUT2D eigenvalue weighted by Crippen LogP contribution is -2.53. The molecule has 0 radical (unpaired) electrons. The molecule has 1 atom stereocenters. The Balaban J connectivity index is 1.61. The molecule has 4 fully saturated rings. The Labute approximate surface area is 149 Å². The number of hydrogen-bond acceptors (Lipinski definition) is 4. The molecule has 0 bridgehead atoms.